The molecule has 19 heavy (non-hydrogen) atoms. The normalized spacial score (nSPS) is 10.2. The first kappa shape index (κ1) is 13.1. The van der Waals surface area contributed by atoms with Gasteiger partial charge in [0.05, 0.1) is 5.56 Å². The van der Waals surface area contributed by atoms with Crippen LogP contribution in [0.15, 0.2) is 42.5 Å². The van der Waals surface area contributed by atoms with E-state index in [0.717, 1.165) is 11.1 Å². The second-order valence-corrected chi connectivity index (χ2v) is 4.50. The fourth-order valence-electron chi connectivity index (χ4n) is 1.87. The van der Waals surface area contributed by atoms with E-state index in [4.69, 9.17) is 9.84 Å². The number of aryl methyl sites for hydroxylation is 2. The molecule has 3 heteroatoms. The summed E-state index contributed by atoms with van der Waals surface area (Å²) in [6.07, 6.45) is 0. The van der Waals surface area contributed by atoms with Crippen LogP contribution in [0.5, 0.6) is 5.75 Å². The van der Waals surface area contributed by atoms with Crippen LogP contribution in [0.3, 0.4) is 0 Å². The molecule has 0 atom stereocenters. The SMILES string of the molecule is Cc1ccccc1COc1ccc(C(=O)O)cc1C. The zero-order chi connectivity index (χ0) is 13.8. The van der Waals surface area contributed by atoms with Crippen molar-refractivity contribution in [3.63, 3.8) is 0 Å². The minimum atomic E-state index is -0.923. The molecule has 0 unspecified atom stereocenters. The highest BCUT2D eigenvalue weighted by molar-refractivity contribution is 5.88. The summed E-state index contributed by atoms with van der Waals surface area (Å²) in [7, 11) is 0. The fourth-order valence-corrected chi connectivity index (χ4v) is 1.87. The van der Waals surface area contributed by atoms with Crippen molar-refractivity contribution in [1.82, 2.24) is 0 Å². The zero-order valence-electron chi connectivity index (χ0n) is 11.0. The van der Waals surface area contributed by atoms with Crippen molar-refractivity contribution in [2.75, 3.05) is 0 Å². The van der Waals surface area contributed by atoms with Crippen molar-refractivity contribution >= 4 is 5.97 Å². The number of carboxylic acid groups (broad SMARTS) is 1. The molecule has 1 N–H and O–H groups in total. The van der Waals surface area contributed by atoms with E-state index in [9.17, 15) is 4.79 Å². The predicted molar refractivity (Wildman–Crippen MR) is 73.6 cm³/mol. The molecule has 0 aliphatic heterocycles. The van der Waals surface area contributed by atoms with Crippen LogP contribution in [-0.2, 0) is 6.61 Å². The van der Waals surface area contributed by atoms with E-state index < -0.39 is 5.97 Å². The first-order chi connectivity index (χ1) is 9.08. The van der Waals surface area contributed by atoms with Gasteiger partial charge in [-0.3, -0.25) is 0 Å². The highest BCUT2D eigenvalue weighted by Crippen LogP contribution is 2.21. The number of hydrogen-bond donors (Lipinski definition) is 1. The standard InChI is InChI=1S/C16H16O3/c1-11-5-3-4-6-14(11)10-19-15-8-7-13(16(17)18)9-12(15)2/h3-9H,10H2,1-2H3,(H,17,18). The number of carbonyl (C=O) groups is 1. The third kappa shape index (κ3) is 3.13. The van der Waals surface area contributed by atoms with E-state index in [0.29, 0.717) is 12.4 Å². The van der Waals surface area contributed by atoms with Gasteiger partial charge in [0.2, 0.25) is 0 Å². The second-order valence-electron chi connectivity index (χ2n) is 4.50. The summed E-state index contributed by atoms with van der Waals surface area (Å²) in [6.45, 7) is 4.37. The van der Waals surface area contributed by atoms with E-state index in [1.54, 1.807) is 18.2 Å². The lowest BCUT2D eigenvalue weighted by Gasteiger charge is -2.11. The highest BCUT2D eigenvalue weighted by Gasteiger charge is 2.07. The van der Waals surface area contributed by atoms with Gasteiger partial charge in [-0.1, -0.05) is 24.3 Å². The average Bonchev–Trinajstić information content (AvgIpc) is 2.39. The zero-order valence-corrected chi connectivity index (χ0v) is 11.0. The molecule has 0 spiro atoms. The molecule has 2 aromatic rings. The molecule has 2 aromatic carbocycles. The van der Waals surface area contributed by atoms with Crippen molar-refractivity contribution < 1.29 is 14.6 Å². The molecule has 0 saturated heterocycles. The van der Waals surface area contributed by atoms with Crippen LogP contribution in [0.4, 0.5) is 0 Å². The lowest BCUT2D eigenvalue weighted by Crippen LogP contribution is -2.01. The molecular formula is C16H16O3. The number of benzene rings is 2. The molecule has 0 bridgehead atoms. The van der Waals surface area contributed by atoms with E-state index in [1.807, 2.05) is 38.1 Å². The quantitative estimate of drug-likeness (QED) is 0.909. The molecule has 0 amide bonds. The highest BCUT2D eigenvalue weighted by atomic mass is 16.5. The molecule has 0 radical (unpaired) electrons. The molecular weight excluding hydrogens is 240 g/mol. The predicted octanol–water partition coefficient (Wildman–Crippen LogP) is 3.58. The first-order valence-electron chi connectivity index (χ1n) is 6.09. The Hall–Kier alpha value is -2.29. The monoisotopic (exact) mass is 256 g/mol. The number of rotatable bonds is 4. The van der Waals surface area contributed by atoms with Gasteiger partial charge in [0.15, 0.2) is 0 Å². The number of ether oxygens (including phenoxy) is 1. The van der Waals surface area contributed by atoms with Crippen molar-refractivity contribution in [1.29, 1.82) is 0 Å². The molecule has 0 heterocycles. The van der Waals surface area contributed by atoms with E-state index in [2.05, 4.69) is 0 Å². The van der Waals surface area contributed by atoms with Crippen LogP contribution < -0.4 is 4.74 Å². The van der Waals surface area contributed by atoms with E-state index >= 15 is 0 Å². The summed E-state index contributed by atoms with van der Waals surface area (Å²) in [4.78, 5) is 10.8. The van der Waals surface area contributed by atoms with Gasteiger partial charge in [-0.2, -0.15) is 0 Å². The summed E-state index contributed by atoms with van der Waals surface area (Å²) in [5, 5.41) is 8.90. The second kappa shape index (κ2) is 5.57. The average molecular weight is 256 g/mol. The van der Waals surface area contributed by atoms with Crippen LogP contribution in [0.1, 0.15) is 27.0 Å². The fraction of sp³-hybridized carbons (Fsp3) is 0.188. The van der Waals surface area contributed by atoms with Crippen LogP contribution in [0, 0.1) is 13.8 Å². The summed E-state index contributed by atoms with van der Waals surface area (Å²) >= 11 is 0. The Morgan fingerprint density at radius 1 is 1.11 bits per heavy atom. The molecule has 98 valence electrons. The smallest absolute Gasteiger partial charge is 0.335 e. The molecule has 0 fully saturated rings. The number of carboxylic acids is 1. The van der Waals surface area contributed by atoms with Gasteiger partial charge < -0.3 is 9.84 Å². The molecule has 0 aromatic heterocycles. The molecule has 0 aliphatic rings. The van der Waals surface area contributed by atoms with Crippen LogP contribution in [0.2, 0.25) is 0 Å². The lowest BCUT2D eigenvalue weighted by molar-refractivity contribution is 0.0696. The van der Waals surface area contributed by atoms with Gasteiger partial charge in [-0.15, -0.1) is 0 Å². The van der Waals surface area contributed by atoms with E-state index in [-0.39, 0.29) is 5.56 Å². The Morgan fingerprint density at radius 2 is 1.84 bits per heavy atom. The summed E-state index contributed by atoms with van der Waals surface area (Å²) in [5.41, 5.74) is 3.42. The minimum Gasteiger partial charge on any atom is -0.489 e. The largest absolute Gasteiger partial charge is 0.489 e. The molecule has 3 nitrogen and oxygen atoms in total. The summed E-state index contributed by atoms with van der Waals surface area (Å²) < 4.78 is 5.75. The van der Waals surface area contributed by atoms with E-state index in [1.165, 1.54) is 5.56 Å². The maximum atomic E-state index is 10.8. The lowest BCUT2D eigenvalue weighted by atomic mass is 10.1. The molecule has 2 rings (SSSR count). The van der Waals surface area contributed by atoms with Crippen molar-refractivity contribution in [2.45, 2.75) is 20.5 Å². The Kier molecular flexibility index (Phi) is 3.85. The van der Waals surface area contributed by atoms with Crippen molar-refractivity contribution in [3.8, 4) is 5.75 Å². The Morgan fingerprint density at radius 3 is 2.47 bits per heavy atom. The summed E-state index contributed by atoms with van der Waals surface area (Å²) in [6, 6.07) is 12.9. The molecule has 0 saturated carbocycles. The number of hydrogen-bond acceptors (Lipinski definition) is 2. The Balaban J connectivity index is 2.12. The Labute approximate surface area is 112 Å². The minimum absolute atomic E-state index is 0.278. The first-order valence-corrected chi connectivity index (χ1v) is 6.09. The van der Waals surface area contributed by atoms with Crippen molar-refractivity contribution in [3.05, 3.63) is 64.7 Å². The van der Waals surface area contributed by atoms with Gasteiger partial charge >= 0.3 is 5.97 Å². The van der Waals surface area contributed by atoms with Gasteiger partial charge in [-0.25, -0.2) is 4.79 Å². The third-order valence-electron chi connectivity index (χ3n) is 3.07. The van der Waals surface area contributed by atoms with Crippen LogP contribution in [0.25, 0.3) is 0 Å². The van der Waals surface area contributed by atoms with Crippen LogP contribution >= 0.6 is 0 Å². The summed E-state index contributed by atoms with van der Waals surface area (Å²) in [5.74, 6) is -0.207. The molecule has 0 aliphatic carbocycles. The Bertz CT molecular complexity index is 603. The number of aromatic carboxylic acids is 1. The van der Waals surface area contributed by atoms with Crippen LogP contribution in [-0.4, -0.2) is 11.1 Å². The van der Waals surface area contributed by atoms with Crippen molar-refractivity contribution in [2.24, 2.45) is 0 Å². The third-order valence-corrected chi connectivity index (χ3v) is 3.07. The topological polar surface area (TPSA) is 46.5 Å². The van der Waals surface area contributed by atoms with Gasteiger partial charge in [-0.05, 0) is 48.7 Å². The van der Waals surface area contributed by atoms with Gasteiger partial charge in [0.25, 0.3) is 0 Å². The maximum Gasteiger partial charge on any atom is 0.335 e. The van der Waals surface area contributed by atoms with Gasteiger partial charge in [0, 0.05) is 0 Å². The van der Waals surface area contributed by atoms with Gasteiger partial charge in [0.1, 0.15) is 12.4 Å². The maximum absolute atomic E-state index is 10.8.